The van der Waals surface area contributed by atoms with Crippen molar-refractivity contribution in [1.82, 2.24) is 4.98 Å². The number of quaternary nitrogens is 1. The lowest BCUT2D eigenvalue weighted by atomic mass is 10.0. The second kappa shape index (κ2) is 6.34. The number of fused-ring (bicyclic) bond motifs is 2. The summed E-state index contributed by atoms with van der Waals surface area (Å²) in [6.07, 6.45) is 0.936. The fourth-order valence-electron chi connectivity index (χ4n) is 3.35. The van der Waals surface area contributed by atoms with Crippen LogP contribution in [-0.2, 0) is 13.0 Å². The fraction of sp³-hybridized carbons (Fsp3) is 0.263. The standard InChI is InChI=1S/C19H19FN4OS/c1-10-7-12(20)3-4-14(10)22-18(25)17-16(21)13-8-11-9-24(2)6-5-15(11)23-19(13)26-17/h3-4,7-8H,5-6,9,21H2,1-2H3,(H,22,25)/p+1. The number of nitrogens with two attached hydrogens (primary N) is 1. The highest BCUT2D eigenvalue weighted by molar-refractivity contribution is 7.21. The Kier molecular flexibility index (Phi) is 4.13. The van der Waals surface area contributed by atoms with Crippen molar-refractivity contribution in [1.29, 1.82) is 0 Å². The average Bonchev–Trinajstić information content (AvgIpc) is 2.92. The van der Waals surface area contributed by atoms with E-state index in [0.29, 0.717) is 21.8 Å². The average molecular weight is 371 g/mol. The van der Waals surface area contributed by atoms with Gasteiger partial charge >= 0.3 is 0 Å². The molecule has 0 bridgehead atoms. The number of anilines is 2. The summed E-state index contributed by atoms with van der Waals surface area (Å²) in [5.74, 6) is -0.621. The number of pyridine rings is 1. The number of likely N-dealkylation sites (N-methyl/N-ethyl adjacent to an activating group) is 1. The summed E-state index contributed by atoms with van der Waals surface area (Å²) in [5.41, 5.74) is 10.3. The van der Waals surface area contributed by atoms with Gasteiger partial charge in [-0.15, -0.1) is 11.3 Å². The molecule has 3 aromatic rings. The maximum absolute atomic E-state index is 13.2. The maximum atomic E-state index is 13.2. The number of aromatic nitrogens is 1. The molecule has 0 radical (unpaired) electrons. The minimum atomic E-state index is -0.330. The smallest absolute Gasteiger partial charge is 0.267 e. The van der Waals surface area contributed by atoms with E-state index in [9.17, 15) is 9.18 Å². The van der Waals surface area contributed by atoms with Gasteiger partial charge in [0.25, 0.3) is 5.91 Å². The number of halogens is 1. The minimum Gasteiger partial charge on any atom is -0.397 e. The van der Waals surface area contributed by atoms with Crippen LogP contribution in [0.3, 0.4) is 0 Å². The first-order valence-electron chi connectivity index (χ1n) is 8.52. The number of aryl methyl sites for hydroxylation is 1. The summed E-state index contributed by atoms with van der Waals surface area (Å²) in [6.45, 7) is 3.73. The van der Waals surface area contributed by atoms with Crippen LogP contribution in [0.1, 0.15) is 26.5 Å². The Labute approximate surface area is 154 Å². The normalized spacial score (nSPS) is 16.5. The number of carbonyl (C=O) groups is 1. The number of nitrogens with zero attached hydrogens (tertiary/aromatic N) is 1. The molecule has 7 heteroatoms. The van der Waals surface area contributed by atoms with E-state index < -0.39 is 0 Å². The maximum Gasteiger partial charge on any atom is 0.267 e. The van der Waals surface area contributed by atoms with Crippen molar-refractivity contribution in [3.05, 3.63) is 51.8 Å². The van der Waals surface area contributed by atoms with Gasteiger partial charge in [0.15, 0.2) is 0 Å². The summed E-state index contributed by atoms with van der Waals surface area (Å²) in [5, 5.41) is 3.66. The Hall–Kier alpha value is -2.51. The van der Waals surface area contributed by atoms with E-state index in [2.05, 4.69) is 18.4 Å². The third-order valence-corrected chi connectivity index (χ3v) is 5.93. The second-order valence-corrected chi connectivity index (χ2v) is 7.84. The summed E-state index contributed by atoms with van der Waals surface area (Å²) in [7, 11) is 2.16. The van der Waals surface area contributed by atoms with Crippen molar-refractivity contribution >= 4 is 38.8 Å². The summed E-state index contributed by atoms with van der Waals surface area (Å²) >= 11 is 1.30. The molecule has 5 nitrogen and oxygen atoms in total. The molecule has 4 N–H and O–H groups in total. The van der Waals surface area contributed by atoms with Gasteiger partial charge in [0.2, 0.25) is 0 Å². The van der Waals surface area contributed by atoms with Crippen LogP contribution >= 0.6 is 11.3 Å². The first-order chi connectivity index (χ1) is 12.4. The number of rotatable bonds is 2. The Bertz CT molecular complexity index is 1030. The van der Waals surface area contributed by atoms with Crippen LogP contribution in [0.4, 0.5) is 15.8 Å². The molecule has 1 aliphatic rings. The molecule has 2 aromatic heterocycles. The van der Waals surface area contributed by atoms with E-state index >= 15 is 0 Å². The molecule has 3 heterocycles. The second-order valence-electron chi connectivity index (χ2n) is 6.84. The highest BCUT2D eigenvalue weighted by atomic mass is 32.1. The molecular formula is C19H20FN4OS+. The van der Waals surface area contributed by atoms with Crippen LogP contribution in [0.5, 0.6) is 0 Å². The number of carbonyl (C=O) groups excluding carboxylic acids is 1. The molecule has 1 aromatic carbocycles. The third-order valence-electron chi connectivity index (χ3n) is 4.81. The number of hydrogen-bond donors (Lipinski definition) is 3. The fourth-order valence-corrected chi connectivity index (χ4v) is 4.34. The van der Waals surface area contributed by atoms with Crippen molar-refractivity contribution in [3.8, 4) is 0 Å². The molecule has 1 aliphatic heterocycles. The Morgan fingerprint density at radius 3 is 2.96 bits per heavy atom. The first-order valence-corrected chi connectivity index (χ1v) is 9.33. The zero-order valence-corrected chi connectivity index (χ0v) is 15.5. The van der Waals surface area contributed by atoms with E-state index in [4.69, 9.17) is 10.7 Å². The van der Waals surface area contributed by atoms with Crippen molar-refractivity contribution in [2.75, 3.05) is 24.6 Å². The van der Waals surface area contributed by atoms with Gasteiger partial charge in [-0.1, -0.05) is 0 Å². The molecule has 1 unspecified atom stereocenters. The minimum absolute atomic E-state index is 0.291. The van der Waals surface area contributed by atoms with E-state index in [1.54, 1.807) is 13.0 Å². The van der Waals surface area contributed by atoms with Gasteiger partial charge < -0.3 is 16.0 Å². The van der Waals surface area contributed by atoms with Crippen molar-refractivity contribution in [2.24, 2.45) is 0 Å². The molecule has 0 aliphatic carbocycles. The first kappa shape index (κ1) is 16.9. The van der Waals surface area contributed by atoms with Crippen LogP contribution < -0.4 is 16.0 Å². The molecule has 4 rings (SSSR count). The quantitative estimate of drug-likeness (QED) is 0.646. The van der Waals surface area contributed by atoms with Gasteiger partial charge in [-0.2, -0.15) is 0 Å². The topological polar surface area (TPSA) is 72.5 Å². The van der Waals surface area contributed by atoms with Gasteiger partial charge in [0, 0.05) is 23.1 Å². The van der Waals surface area contributed by atoms with Crippen molar-refractivity contribution in [2.45, 2.75) is 19.9 Å². The van der Waals surface area contributed by atoms with Crippen LogP contribution in [0.15, 0.2) is 24.3 Å². The van der Waals surface area contributed by atoms with Gasteiger partial charge in [-0.05, 0) is 36.8 Å². The molecule has 0 saturated heterocycles. The molecule has 1 atom stereocenters. The summed E-state index contributed by atoms with van der Waals surface area (Å²) < 4.78 is 13.2. The third kappa shape index (κ3) is 2.93. The SMILES string of the molecule is Cc1cc(F)ccc1NC(=O)c1sc2nc3c(cc2c1N)C[NH+](C)CC3. The Morgan fingerprint density at radius 1 is 1.38 bits per heavy atom. The lowest BCUT2D eigenvalue weighted by Gasteiger charge is -2.21. The predicted molar refractivity (Wildman–Crippen MR) is 102 cm³/mol. The van der Waals surface area contributed by atoms with Crippen LogP contribution in [-0.4, -0.2) is 24.5 Å². The van der Waals surface area contributed by atoms with E-state index in [1.165, 1.54) is 33.9 Å². The van der Waals surface area contributed by atoms with Gasteiger partial charge in [-0.3, -0.25) is 4.79 Å². The molecule has 0 spiro atoms. The van der Waals surface area contributed by atoms with E-state index in [1.807, 2.05) is 0 Å². The van der Waals surface area contributed by atoms with Crippen molar-refractivity contribution < 1.29 is 14.1 Å². The highest BCUT2D eigenvalue weighted by Crippen LogP contribution is 2.34. The summed E-state index contributed by atoms with van der Waals surface area (Å²) in [4.78, 5) is 20.1. The zero-order chi connectivity index (χ0) is 18.4. The van der Waals surface area contributed by atoms with Crippen molar-refractivity contribution in [3.63, 3.8) is 0 Å². The number of nitrogen functional groups attached to an aromatic ring is 1. The number of hydrogen-bond acceptors (Lipinski definition) is 4. The van der Waals surface area contributed by atoms with Crippen LogP contribution in [0, 0.1) is 12.7 Å². The largest absolute Gasteiger partial charge is 0.397 e. The number of thiophene rings is 1. The molecule has 1 amide bonds. The lowest BCUT2D eigenvalue weighted by Crippen LogP contribution is -3.08. The monoisotopic (exact) mass is 371 g/mol. The molecular weight excluding hydrogens is 351 g/mol. The number of nitrogens with one attached hydrogen (secondary N) is 2. The number of benzene rings is 1. The van der Waals surface area contributed by atoms with E-state index in [0.717, 1.165) is 35.4 Å². The molecule has 134 valence electrons. The predicted octanol–water partition coefficient (Wildman–Crippen LogP) is 2.15. The Balaban J connectivity index is 1.70. The highest BCUT2D eigenvalue weighted by Gasteiger charge is 2.23. The Morgan fingerprint density at radius 2 is 2.19 bits per heavy atom. The lowest BCUT2D eigenvalue weighted by molar-refractivity contribution is -0.895. The molecule has 0 fully saturated rings. The van der Waals surface area contributed by atoms with Crippen LogP contribution in [0.2, 0.25) is 0 Å². The summed E-state index contributed by atoms with van der Waals surface area (Å²) in [6, 6.07) is 6.34. The molecule has 0 saturated carbocycles. The zero-order valence-electron chi connectivity index (χ0n) is 14.6. The molecule has 26 heavy (non-hydrogen) atoms. The van der Waals surface area contributed by atoms with E-state index in [-0.39, 0.29) is 11.7 Å². The number of amides is 1. The van der Waals surface area contributed by atoms with Gasteiger partial charge in [0.05, 0.1) is 25.0 Å². The van der Waals surface area contributed by atoms with Gasteiger partial charge in [-0.25, -0.2) is 9.37 Å². The van der Waals surface area contributed by atoms with Gasteiger partial charge in [0.1, 0.15) is 22.1 Å². The van der Waals surface area contributed by atoms with Crippen LogP contribution in [0.25, 0.3) is 10.2 Å².